The summed E-state index contributed by atoms with van der Waals surface area (Å²) < 4.78 is 0. The third-order valence-corrected chi connectivity index (χ3v) is 4.37. The molecule has 0 bridgehead atoms. The zero-order chi connectivity index (χ0) is 18.4. The highest BCUT2D eigenvalue weighted by atomic mass is 16.2. The van der Waals surface area contributed by atoms with E-state index in [9.17, 15) is 19.2 Å². The first-order valence-corrected chi connectivity index (χ1v) is 8.06. The Labute approximate surface area is 145 Å². The number of benzene rings is 1. The predicted octanol–water partition coefficient (Wildman–Crippen LogP) is 1.08. The molecule has 2 aliphatic rings. The van der Waals surface area contributed by atoms with E-state index in [1.54, 1.807) is 45.0 Å². The van der Waals surface area contributed by atoms with Crippen LogP contribution in [0.25, 0.3) is 0 Å². The summed E-state index contributed by atoms with van der Waals surface area (Å²) in [6, 6.07) is 5.98. The number of urea groups is 1. The highest BCUT2D eigenvalue weighted by Crippen LogP contribution is 2.31. The Morgan fingerprint density at radius 3 is 2.56 bits per heavy atom. The van der Waals surface area contributed by atoms with Gasteiger partial charge in [0.15, 0.2) is 0 Å². The fourth-order valence-corrected chi connectivity index (χ4v) is 3.14. The minimum Gasteiger partial charge on any atom is -0.324 e. The van der Waals surface area contributed by atoms with Gasteiger partial charge in [0.05, 0.1) is 11.4 Å². The zero-order valence-electron chi connectivity index (χ0n) is 14.3. The van der Waals surface area contributed by atoms with Gasteiger partial charge in [-0.15, -0.1) is 0 Å². The molecule has 25 heavy (non-hydrogen) atoms. The molecule has 0 aromatic heterocycles. The first kappa shape index (κ1) is 16.9. The van der Waals surface area contributed by atoms with Crippen molar-refractivity contribution in [2.24, 2.45) is 0 Å². The second-order valence-electron chi connectivity index (χ2n) is 6.83. The van der Waals surface area contributed by atoms with Gasteiger partial charge in [0.1, 0.15) is 12.1 Å². The Hall–Kier alpha value is -2.90. The molecule has 132 valence electrons. The lowest BCUT2D eigenvalue weighted by molar-refractivity contribution is -0.133. The molecule has 1 saturated heterocycles. The van der Waals surface area contributed by atoms with Crippen LogP contribution in [0.15, 0.2) is 24.3 Å². The van der Waals surface area contributed by atoms with Crippen LogP contribution in [0.3, 0.4) is 0 Å². The SMILES string of the molecule is C[C@H]1CC(=O)Nc2ccccc2N1C(=O)CN1C(=O)NC(C)(C)C1=O. The van der Waals surface area contributed by atoms with E-state index in [-0.39, 0.29) is 18.9 Å². The van der Waals surface area contributed by atoms with Crippen molar-refractivity contribution in [2.75, 3.05) is 16.8 Å². The van der Waals surface area contributed by atoms with Crippen LogP contribution in [0.2, 0.25) is 0 Å². The van der Waals surface area contributed by atoms with Crippen LogP contribution in [0.5, 0.6) is 0 Å². The Morgan fingerprint density at radius 1 is 1.24 bits per heavy atom. The van der Waals surface area contributed by atoms with Gasteiger partial charge in [-0.1, -0.05) is 12.1 Å². The Morgan fingerprint density at radius 2 is 1.92 bits per heavy atom. The molecule has 0 aliphatic carbocycles. The minimum atomic E-state index is -1.03. The molecule has 2 aliphatic heterocycles. The first-order valence-electron chi connectivity index (χ1n) is 8.06. The van der Waals surface area contributed by atoms with Gasteiger partial charge in [-0.3, -0.25) is 19.3 Å². The van der Waals surface area contributed by atoms with Crippen LogP contribution in [0.4, 0.5) is 16.2 Å². The molecule has 0 radical (unpaired) electrons. The summed E-state index contributed by atoms with van der Waals surface area (Å²) in [6.07, 6.45) is 0.131. The average Bonchev–Trinajstić information content (AvgIpc) is 2.65. The van der Waals surface area contributed by atoms with Gasteiger partial charge < -0.3 is 15.5 Å². The highest BCUT2D eigenvalue weighted by Gasteiger charge is 2.45. The van der Waals surface area contributed by atoms with Crippen molar-refractivity contribution in [2.45, 2.75) is 38.8 Å². The molecule has 1 aromatic rings. The monoisotopic (exact) mass is 344 g/mol. The largest absolute Gasteiger partial charge is 0.325 e. The number of nitrogens with zero attached hydrogens (tertiary/aromatic N) is 2. The summed E-state index contributed by atoms with van der Waals surface area (Å²) in [5, 5.41) is 5.32. The summed E-state index contributed by atoms with van der Waals surface area (Å²) in [4.78, 5) is 51.6. The average molecular weight is 344 g/mol. The van der Waals surface area contributed by atoms with Gasteiger partial charge in [0, 0.05) is 12.5 Å². The molecule has 0 unspecified atom stereocenters. The maximum atomic E-state index is 12.9. The third-order valence-electron chi connectivity index (χ3n) is 4.37. The van der Waals surface area contributed by atoms with Crippen LogP contribution in [0, 0.1) is 0 Å². The van der Waals surface area contributed by atoms with Crippen molar-refractivity contribution < 1.29 is 19.2 Å². The number of carbonyl (C=O) groups is 4. The number of fused-ring (bicyclic) bond motifs is 1. The number of rotatable bonds is 2. The Bertz CT molecular complexity index is 774. The summed E-state index contributed by atoms with van der Waals surface area (Å²) in [5.41, 5.74) is 0.0527. The molecule has 3 rings (SSSR count). The molecule has 1 atom stereocenters. The van der Waals surface area contributed by atoms with Crippen LogP contribution in [-0.4, -0.2) is 46.8 Å². The Balaban J connectivity index is 1.90. The van der Waals surface area contributed by atoms with Crippen LogP contribution < -0.4 is 15.5 Å². The van der Waals surface area contributed by atoms with Crippen molar-refractivity contribution in [3.63, 3.8) is 0 Å². The topological polar surface area (TPSA) is 98.8 Å². The smallest absolute Gasteiger partial charge is 0.324 e. The predicted molar refractivity (Wildman–Crippen MR) is 91.0 cm³/mol. The van der Waals surface area contributed by atoms with Crippen LogP contribution in [0.1, 0.15) is 27.2 Å². The molecule has 1 aromatic carbocycles. The van der Waals surface area contributed by atoms with Gasteiger partial charge >= 0.3 is 6.03 Å². The van der Waals surface area contributed by atoms with E-state index >= 15 is 0 Å². The van der Waals surface area contributed by atoms with Crippen molar-refractivity contribution in [1.82, 2.24) is 10.2 Å². The summed E-state index contributed by atoms with van der Waals surface area (Å²) >= 11 is 0. The Kier molecular flexibility index (Phi) is 3.98. The van der Waals surface area contributed by atoms with E-state index in [2.05, 4.69) is 10.6 Å². The number of imide groups is 1. The second kappa shape index (κ2) is 5.87. The number of amides is 5. The summed E-state index contributed by atoms with van der Waals surface area (Å²) in [6.45, 7) is 4.56. The molecule has 8 nitrogen and oxygen atoms in total. The van der Waals surface area contributed by atoms with E-state index in [1.165, 1.54) is 4.90 Å². The quantitative estimate of drug-likeness (QED) is 0.784. The first-order chi connectivity index (χ1) is 11.7. The normalized spacial score (nSPS) is 22.2. The number of para-hydroxylation sites is 2. The lowest BCUT2D eigenvalue weighted by Crippen LogP contribution is -2.47. The zero-order valence-corrected chi connectivity index (χ0v) is 14.3. The van der Waals surface area contributed by atoms with Gasteiger partial charge in [-0.05, 0) is 32.9 Å². The highest BCUT2D eigenvalue weighted by molar-refractivity contribution is 6.11. The van der Waals surface area contributed by atoms with Crippen LogP contribution in [-0.2, 0) is 14.4 Å². The number of carbonyl (C=O) groups excluding carboxylic acids is 4. The van der Waals surface area contributed by atoms with Crippen molar-refractivity contribution in [3.05, 3.63) is 24.3 Å². The van der Waals surface area contributed by atoms with E-state index in [0.29, 0.717) is 11.4 Å². The van der Waals surface area contributed by atoms with Crippen molar-refractivity contribution in [3.8, 4) is 0 Å². The lowest BCUT2D eigenvalue weighted by atomic mass is 10.1. The van der Waals surface area contributed by atoms with Gasteiger partial charge in [0.2, 0.25) is 11.8 Å². The van der Waals surface area contributed by atoms with E-state index in [4.69, 9.17) is 0 Å². The van der Waals surface area contributed by atoms with Crippen molar-refractivity contribution in [1.29, 1.82) is 0 Å². The van der Waals surface area contributed by atoms with E-state index in [0.717, 1.165) is 4.90 Å². The standard InChI is InChI=1S/C17H20N4O4/c1-10-8-13(22)18-11-6-4-5-7-12(11)21(10)14(23)9-20-15(24)17(2,3)19-16(20)25/h4-7,10H,8-9H2,1-3H3,(H,18,22)(H,19,25)/t10-/m0/s1. The molecular weight excluding hydrogens is 324 g/mol. The molecule has 1 fully saturated rings. The number of anilines is 2. The number of hydrogen-bond acceptors (Lipinski definition) is 4. The summed E-state index contributed by atoms with van der Waals surface area (Å²) in [7, 11) is 0. The number of nitrogens with one attached hydrogen (secondary N) is 2. The maximum Gasteiger partial charge on any atom is 0.325 e. The molecule has 0 saturated carbocycles. The molecule has 2 heterocycles. The third kappa shape index (κ3) is 2.95. The number of hydrogen-bond donors (Lipinski definition) is 2. The summed E-state index contributed by atoms with van der Waals surface area (Å²) in [5.74, 6) is -1.06. The second-order valence-corrected chi connectivity index (χ2v) is 6.83. The maximum absolute atomic E-state index is 12.9. The fourth-order valence-electron chi connectivity index (χ4n) is 3.14. The minimum absolute atomic E-state index is 0.131. The van der Waals surface area contributed by atoms with Gasteiger partial charge in [-0.2, -0.15) is 0 Å². The fraction of sp³-hybridized carbons (Fsp3) is 0.412. The molecule has 0 spiro atoms. The molecular formula is C17H20N4O4. The van der Waals surface area contributed by atoms with Crippen molar-refractivity contribution >= 4 is 35.1 Å². The van der Waals surface area contributed by atoms with Crippen LogP contribution >= 0.6 is 0 Å². The molecule has 8 heteroatoms. The van der Waals surface area contributed by atoms with Gasteiger partial charge in [0.25, 0.3) is 5.91 Å². The van der Waals surface area contributed by atoms with E-state index < -0.39 is 29.4 Å². The van der Waals surface area contributed by atoms with E-state index in [1.807, 2.05) is 0 Å². The lowest BCUT2D eigenvalue weighted by Gasteiger charge is -2.29. The molecule has 2 N–H and O–H groups in total. The van der Waals surface area contributed by atoms with Gasteiger partial charge in [-0.25, -0.2) is 4.79 Å². The molecule has 5 amide bonds.